The van der Waals surface area contributed by atoms with Crippen LogP contribution >= 0.6 is 23.1 Å². The van der Waals surface area contributed by atoms with Crippen LogP contribution < -0.4 is 0 Å². The molecule has 114 valence electrons. The Hall–Kier alpha value is -1.34. The number of aryl methyl sites for hydroxylation is 2. The van der Waals surface area contributed by atoms with Gasteiger partial charge < -0.3 is 9.67 Å². The summed E-state index contributed by atoms with van der Waals surface area (Å²) in [4.78, 5) is 20.9. The molecule has 2 heterocycles. The van der Waals surface area contributed by atoms with Gasteiger partial charge in [-0.15, -0.1) is 11.3 Å². The van der Waals surface area contributed by atoms with Gasteiger partial charge in [-0.3, -0.25) is 4.79 Å². The largest absolute Gasteiger partial charge is 0.481 e. The van der Waals surface area contributed by atoms with Crippen molar-refractivity contribution in [3.05, 3.63) is 28.0 Å². The van der Waals surface area contributed by atoms with Crippen LogP contribution in [0.2, 0.25) is 0 Å². The first-order valence-electron chi connectivity index (χ1n) is 6.92. The van der Waals surface area contributed by atoms with Gasteiger partial charge in [-0.25, -0.2) is 9.97 Å². The monoisotopic (exact) mass is 325 g/mol. The molecule has 21 heavy (non-hydrogen) atoms. The van der Waals surface area contributed by atoms with Crippen molar-refractivity contribution in [2.24, 2.45) is 0 Å². The van der Waals surface area contributed by atoms with E-state index in [1.54, 1.807) is 11.3 Å². The van der Waals surface area contributed by atoms with Gasteiger partial charge in [-0.2, -0.15) is 0 Å². The van der Waals surface area contributed by atoms with Crippen molar-refractivity contribution in [2.75, 3.05) is 5.75 Å². The zero-order valence-corrected chi connectivity index (χ0v) is 14.0. The summed E-state index contributed by atoms with van der Waals surface area (Å²) in [5, 5.41) is 10.6. The van der Waals surface area contributed by atoms with E-state index in [4.69, 9.17) is 5.11 Å². The Morgan fingerprint density at radius 2 is 2.14 bits per heavy atom. The fraction of sp³-hybridized carbons (Fsp3) is 0.500. The van der Waals surface area contributed by atoms with E-state index in [1.807, 2.05) is 12.4 Å². The van der Waals surface area contributed by atoms with Crippen LogP contribution in [0.5, 0.6) is 0 Å². The maximum atomic E-state index is 10.8. The molecule has 0 saturated carbocycles. The van der Waals surface area contributed by atoms with E-state index in [2.05, 4.69) is 35.3 Å². The molecule has 5 nitrogen and oxygen atoms in total. The van der Waals surface area contributed by atoms with Gasteiger partial charge >= 0.3 is 5.97 Å². The number of aliphatic carboxylic acids is 1. The Morgan fingerprint density at radius 1 is 1.38 bits per heavy atom. The molecule has 0 aromatic carbocycles. The molecule has 1 unspecified atom stereocenters. The SMILES string of the molecule is CCc1cnc(C(C)n2c(CC)cnc2SCC(=O)O)s1. The van der Waals surface area contributed by atoms with E-state index >= 15 is 0 Å². The number of nitrogens with zero attached hydrogens (tertiary/aromatic N) is 3. The van der Waals surface area contributed by atoms with Crippen LogP contribution in [0.15, 0.2) is 17.6 Å². The fourth-order valence-electron chi connectivity index (χ4n) is 2.08. The minimum Gasteiger partial charge on any atom is -0.481 e. The molecule has 0 spiro atoms. The highest BCUT2D eigenvalue weighted by atomic mass is 32.2. The normalized spacial score (nSPS) is 12.5. The van der Waals surface area contributed by atoms with Crippen LogP contribution in [0.1, 0.15) is 42.4 Å². The molecule has 7 heteroatoms. The van der Waals surface area contributed by atoms with Crippen molar-refractivity contribution in [2.45, 2.75) is 44.8 Å². The lowest BCUT2D eigenvalue weighted by molar-refractivity contribution is -0.133. The molecule has 0 aliphatic carbocycles. The molecular formula is C14H19N3O2S2. The van der Waals surface area contributed by atoms with Crippen molar-refractivity contribution < 1.29 is 9.90 Å². The second-order valence-corrected chi connectivity index (χ2v) is 6.72. The number of hydrogen-bond donors (Lipinski definition) is 1. The Kier molecular flexibility index (Phi) is 5.41. The van der Waals surface area contributed by atoms with Gasteiger partial charge in [0.05, 0.1) is 11.8 Å². The highest BCUT2D eigenvalue weighted by molar-refractivity contribution is 7.99. The highest BCUT2D eigenvalue weighted by Gasteiger charge is 2.19. The van der Waals surface area contributed by atoms with Gasteiger partial charge in [0, 0.05) is 23.0 Å². The predicted octanol–water partition coefficient (Wildman–Crippen LogP) is 3.25. The molecule has 0 fully saturated rings. The summed E-state index contributed by atoms with van der Waals surface area (Å²) in [5.41, 5.74) is 1.10. The zero-order valence-electron chi connectivity index (χ0n) is 12.4. The first-order chi connectivity index (χ1) is 10.1. The molecule has 1 N–H and O–H groups in total. The van der Waals surface area contributed by atoms with Crippen LogP contribution in [-0.4, -0.2) is 31.4 Å². The number of aromatic nitrogens is 3. The van der Waals surface area contributed by atoms with E-state index < -0.39 is 5.97 Å². The molecule has 2 rings (SSSR count). The number of carbonyl (C=O) groups is 1. The second kappa shape index (κ2) is 7.09. The topological polar surface area (TPSA) is 68.0 Å². The molecule has 0 amide bonds. The van der Waals surface area contributed by atoms with E-state index in [0.29, 0.717) is 0 Å². The molecular weight excluding hydrogens is 306 g/mol. The third kappa shape index (κ3) is 3.65. The minimum absolute atomic E-state index is 0.0188. The predicted molar refractivity (Wildman–Crippen MR) is 85.3 cm³/mol. The Bertz CT molecular complexity index is 622. The van der Waals surface area contributed by atoms with Gasteiger partial charge in [-0.1, -0.05) is 25.6 Å². The van der Waals surface area contributed by atoms with Gasteiger partial charge in [-0.05, 0) is 19.8 Å². The third-order valence-electron chi connectivity index (χ3n) is 3.19. The fourth-order valence-corrected chi connectivity index (χ4v) is 3.77. The zero-order chi connectivity index (χ0) is 15.4. The van der Waals surface area contributed by atoms with Crippen molar-refractivity contribution in [3.8, 4) is 0 Å². The Labute approximate surface area is 132 Å². The number of carboxylic acids is 1. The quantitative estimate of drug-likeness (QED) is 0.791. The maximum absolute atomic E-state index is 10.8. The maximum Gasteiger partial charge on any atom is 0.313 e. The number of rotatable bonds is 7. The molecule has 0 saturated heterocycles. The van der Waals surface area contributed by atoms with Gasteiger partial charge in [0.1, 0.15) is 5.01 Å². The molecule has 2 aromatic heterocycles. The summed E-state index contributed by atoms with van der Waals surface area (Å²) in [5.74, 6) is -0.812. The van der Waals surface area contributed by atoms with Crippen molar-refractivity contribution in [1.82, 2.24) is 14.5 Å². The summed E-state index contributed by atoms with van der Waals surface area (Å²) in [7, 11) is 0. The molecule has 0 radical (unpaired) electrons. The van der Waals surface area contributed by atoms with Crippen molar-refractivity contribution in [3.63, 3.8) is 0 Å². The summed E-state index contributed by atoms with van der Waals surface area (Å²) < 4.78 is 2.10. The van der Waals surface area contributed by atoms with Gasteiger partial charge in [0.2, 0.25) is 0 Å². The lowest BCUT2D eigenvalue weighted by atomic mass is 10.3. The average molecular weight is 325 g/mol. The highest BCUT2D eigenvalue weighted by Crippen LogP contribution is 2.30. The van der Waals surface area contributed by atoms with Crippen LogP contribution in [0.4, 0.5) is 0 Å². The molecule has 2 aromatic rings. The van der Waals surface area contributed by atoms with E-state index in [0.717, 1.165) is 28.7 Å². The van der Waals surface area contributed by atoms with E-state index in [1.165, 1.54) is 16.6 Å². The van der Waals surface area contributed by atoms with Crippen LogP contribution in [0.25, 0.3) is 0 Å². The number of thiazole rings is 1. The van der Waals surface area contributed by atoms with Crippen LogP contribution in [0, 0.1) is 0 Å². The number of thioether (sulfide) groups is 1. The standard InChI is InChI=1S/C14H19N3O2S2/c1-4-10-6-16-14(20-8-12(18)19)17(10)9(3)13-15-7-11(5-2)21-13/h6-7,9H,4-5,8H2,1-3H3,(H,18,19). The molecule has 0 aliphatic rings. The average Bonchev–Trinajstić information content (AvgIpc) is 3.10. The minimum atomic E-state index is -0.831. The molecule has 0 aliphatic heterocycles. The summed E-state index contributed by atoms with van der Waals surface area (Å²) in [6, 6.07) is 0.0732. The first kappa shape index (κ1) is 16.0. The van der Waals surface area contributed by atoms with Crippen molar-refractivity contribution in [1.29, 1.82) is 0 Å². The Morgan fingerprint density at radius 3 is 2.71 bits per heavy atom. The van der Waals surface area contributed by atoms with Crippen LogP contribution in [-0.2, 0) is 17.6 Å². The Balaban J connectivity index is 2.31. The summed E-state index contributed by atoms with van der Waals surface area (Å²) in [6.45, 7) is 6.28. The second-order valence-electron chi connectivity index (χ2n) is 4.63. The lowest BCUT2D eigenvalue weighted by Gasteiger charge is -2.16. The number of hydrogen-bond acceptors (Lipinski definition) is 5. The lowest BCUT2D eigenvalue weighted by Crippen LogP contribution is -2.12. The van der Waals surface area contributed by atoms with Gasteiger partial charge in [0.15, 0.2) is 5.16 Å². The van der Waals surface area contributed by atoms with Crippen LogP contribution in [0.3, 0.4) is 0 Å². The third-order valence-corrected chi connectivity index (χ3v) is 5.45. The van der Waals surface area contributed by atoms with Crippen molar-refractivity contribution >= 4 is 29.1 Å². The molecule has 0 bridgehead atoms. The van der Waals surface area contributed by atoms with Gasteiger partial charge in [0.25, 0.3) is 0 Å². The number of imidazole rings is 1. The smallest absolute Gasteiger partial charge is 0.313 e. The summed E-state index contributed by atoms with van der Waals surface area (Å²) in [6.07, 6.45) is 5.59. The molecule has 1 atom stereocenters. The van der Waals surface area contributed by atoms with E-state index in [9.17, 15) is 4.79 Å². The van der Waals surface area contributed by atoms with E-state index in [-0.39, 0.29) is 11.8 Å². The first-order valence-corrected chi connectivity index (χ1v) is 8.72. The summed E-state index contributed by atoms with van der Waals surface area (Å²) >= 11 is 2.96. The number of carboxylic acid groups (broad SMARTS) is 1.